The van der Waals surface area contributed by atoms with E-state index in [1.165, 1.54) is 57.4 Å². The van der Waals surface area contributed by atoms with Gasteiger partial charge in [0.25, 0.3) is 0 Å². The highest BCUT2D eigenvalue weighted by molar-refractivity contribution is 5.18. The van der Waals surface area contributed by atoms with E-state index in [0.717, 1.165) is 12.0 Å². The normalized spacial score (nSPS) is 24.2. The molecule has 0 amide bonds. The summed E-state index contributed by atoms with van der Waals surface area (Å²) in [4.78, 5) is 2.72. The molecule has 1 aromatic carbocycles. The average Bonchev–Trinajstić information content (AvgIpc) is 2.49. The molecular formula is C16H23N2. The first-order chi connectivity index (χ1) is 8.93. The van der Waals surface area contributed by atoms with Gasteiger partial charge in [-0.05, 0) is 69.4 Å². The highest BCUT2D eigenvalue weighted by atomic mass is 15.2. The van der Waals surface area contributed by atoms with Gasteiger partial charge in [0, 0.05) is 6.04 Å². The van der Waals surface area contributed by atoms with Crippen molar-refractivity contribution in [3.8, 4) is 0 Å². The molecule has 0 aliphatic carbocycles. The zero-order valence-electron chi connectivity index (χ0n) is 11.1. The van der Waals surface area contributed by atoms with E-state index in [0.29, 0.717) is 0 Å². The van der Waals surface area contributed by atoms with Gasteiger partial charge in [-0.25, -0.2) is 0 Å². The van der Waals surface area contributed by atoms with Crippen molar-refractivity contribution in [1.82, 2.24) is 10.2 Å². The second-order valence-corrected chi connectivity index (χ2v) is 5.61. The maximum atomic E-state index is 3.46. The summed E-state index contributed by atoms with van der Waals surface area (Å²) in [5.74, 6) is 0.740. The van der Waals surface area contributed by atoms with Crippen LogP contribution in [0.4, 0.5) is 0 Å². The fraction of sp³-hybridized carbons (Fsp3) is 0.625. The van der Waals surface area contributed by atoms with Crippen LogP contribution in [-0.2, 0) is 0 Å². The molecule has 18 heavy (non-hydrogen) atoms. The van der Waals surface area contributed by atoms with Crippen molar-refractivity contribution >= 4 is 0 Å². The smallest absolute Gasteiger partial charge is 0.0119 e. The quantitative estimate of drug-likeness (QED) is 0.858. The van der Waals surface area contributed by atoms with Crippen molar-refractivity contribution in [1.29, 1.82) is 0 Å². The van der Waals surface area contributed by atoms with Gasteiger partial charge in [0.2, 0.25) is 0 Å². The summed E-state index contributed by atoms with van der Waals surface area (Å²) in [5.41, 5.74) is 1.42. The SMILES string of the molecule is [c]1ccccc1C1CCN(C2CCNCC2)CC1. The molecule has 0 spiro atoms. The van der Waals surface area contributed by atoms with E-state index in [1.54, 1.807) is 0 Å². The third-order valence-corrected chi connectivity index (χ3v) is 4.53. The predicted molar refractivity (Wildman–Crippen MR) is 74.7 cm³/mol. The second kappa shape index (κ2) is 5.85. The van der Waals surface area contributed by atoms with Gasteiger partial charge in [-0.3, -0.25) is 0 Å². The largest absolute Gasteiger partial charge is 0.317 e. The van der Waals surface area contributed by atoms with Crippen LogP contribution in [0.1, 0.15) is 37.2 Å². The summed E-state index contributed by atoms with van der Waals surface area (Å²) in [6.45, 7) is 4.96. The minimum atomic E-state index is 0.740. The van der Waals surface area contributed by atoms with Crippen LogP contribution in [0, 0.1) is 6.07 Å². The number of nitrogens with zero attached hydrogens (tertiary/aromatic N) is 1. The van der Waals surface area contributed by atoms with E-state index in [2.05, 4.69) is 40.5 Å². The number of benzene rings is 1. The van der Waals surface area contributed by atoms with Crippen molar-refractivity contribution in [2.75, 3.05) is 26.2 Å². The van der Waals surface area contributed by atoms with Crippen LogP contribution in [0.5, 0.6) is 0 Å². The molecule has 3 rings (SSSR count). The lowest BCUT2D eigenvalue weighted by molar-refractivity contribution is 0.127. The topological polar surface area (TPSA) is 15.3 Å². The van der Waals surface area contributed by atoms with Crippen LogP contribution < -0.4 is 5.32 Å². The van der Waals surface area contributed by atoms with Crippen molar-refractivity contribution in [3.05, 3.63) is 35.9 Å². The van der Waals surface area contributed by atoms with Crippen LogP contribution in [0.25, 0.3) is 0 Å². The Kier molecular flexibility index (Phi) is 3.96. The van der Waals surface area contributed by atoms with Gasteiger partial charge in [-0.2, -0.15) is 0 Å². The molecule has 97 valence electrons. The van der Waals surface area contributed by atoms with Gasteiger partial charge in [0.05, 0.1) is 0 Å². The average molecular weight is 243 g/mol. The molecule has 0 aromatic heterocycles. The molecule has 1 N–H and O–H groups in total. The first kappa shape index (κ1) is 12.2. The lowest BCUT2D eigenvalue weighted by Crippen LogP contribution is -2.46. The highest BCUT2D eigenvalue weighted by Gasteiger charge is 2.26. The van der Waals surface area contributed by atoms with Crippen LogP contribution in [-0.4, -0.2) is 37.1 Å². The summed E-state index contributed by atoms with van der Waals surface area (Å²) in [5, 5.41) is 3.46. The summed E-state index contributed by atoms with van der Waals surface area (Å²) >= 11 is 0. The molecule has 0 atom stereocenters. The maximum absolute atomic E-state index is 3.46. The minimum Gasteiger partial charge on any atom is -0.317 e. The number of nitrogens with one attached hydrogen (secondary N) is 1. The summed E-state index contributed by atoms with van der Waals surface area (Å²) in [7, 11) is 0. The van der Waals surface area contributed by atoms with E-state index in [1.807, 2.05) is 0 Å². The zero-order valence-corrected chi connectivity index (χ0v) is 11.1. The molecule has 2 aliphatic heterocycles. The lowest BCUT2D eigenvalue weighted by Gasteiger charge is -2.39. The van der Waals surface area contributed by atoms with Crippen molar-refractivity contribution in [2.24, 2.45) is 0 Å². The number of hydrogen-bond donors (Lipinski definition) is 1. The van der Waals surface area contributed by atoms with E-state index >= 15 is 0 Å². The molecule has 2 saturated heterocycles. The van der Waals surface area contributed by atoms with Crippen LogP contribution >= 0.6 is 0 Å². The Morgan fingerprint density at radius 3 is 2.50 bits per heavy atom. The molecule has 2 fully saturated rings. The zero-order chi connectivity index (χ0) is 12.2. The summed E-state index contributed by atoms with van der Waals surface area (Å²) < 4.78 is 0. The molecular weight excluding hydrogens is 220 g/mol. The van der Waals surface area contributed by atoms with Crippen molar-refractivity contribution in [2.45, 2.75) is 37.6 Å². The van der Waals surface area contributed by atoms with Gasteiger partial charge in [-0.1, -0.05) is 24.3 Å². The van der Waals surface area contributed by atoms with Gasteiger partial charge in [0.15, 0.2) is 0 Å². The van der Waals surface area contributed by atoms with Crippen LogP contribution in [0.2, 0.25) is 0 Å². The van der Waals surface area contributed by atoms with E-state index in [4.69, 9.17) is 0 Å². The first-order valence-corrected chi connectivity index (χ1v) is 7.35. The highest BCUT2D eigenvalue weighted by Crippen LogP contribution is 2.29. The van der Waals surface area contributed by atoms with Gasteiger partial charge >= 0.3 is 0 Å². The Labute approximate surface area is 110 Å². The minimum absolute atomic E-state index is 0.740. The maximum Gasteiger partial charge on any atom is 0.0119 e. The Bertz CT molecular complexity index is 349. The van der Waals surface area contributed by atoms with E-state index < -0.39 is 0 Å². The third-order valence-electron chi connectivity index (χ3n) is 4.53. The molecule has 0 bridgehead atoms. The van der Waals surface area contributed by atoms with Crippen molar-refractivity contribution < 1.29 is 0 Å². The molecule has 0 unspecified atom stereocenters. The first-order valence-electron chi connectivity index (χ1n) is 7.35. The van der Waals surface area contributed by atoms with Gasteiger partial charge < -0.3 is 10.2 Å². The molecule has 2 aliphatic rings. The van der Waals surface area contributed by atoms with Crippen LogP contribution in [0.15, 0.2) is 24.3 Å². The third kappa shape index (κ3) is 2.76. The fourth-order valence-electron chi connectivity index (χ4n) is 3.41. The van der Waals surface area contributed by atoms with E-state index in [-0.39, 0.29) is 0 Å². The molecule has 2 heterocycles. The Morgan fingerprint density at radius 2 is 1.83 bits per heavy atom. The Balaban J connectivity index is 1.54. The number of likely N-dealkylation sites (tertiary alicyclic amines) is 1. The Hall–Kier alpha value is -0.860. The summed E-state index contributed by atoms with van der Waals surface area (Å²) in [6, 6.07) is 12.7. The fourth-order valence-corrected chi connectivity index (χ4v) is 3.41. The summed E-state index contributed by atoms with van der Waals surface area (Å²) in [6.07, 6.45) is 5.29. The lowest BCUT2D eigenvalue weighted by atomic mass is 9.88. The molecule has 2 nitrogen and oxygen atoms in total. The van der Waals surface area contributed by atoms with Crippen LogP contribution in [0.3, 0.4) is 0 Å². The predicted octanol–water partition coefficient (Wildman–Crippen LogP) is 2.42. The standard InChI is InChI=1S/C16H23N2/c1-2-4-14(5-3-1)15-8-12-18(13-9-15)16-6-10-17-11-7-16/h1-4,15-17H,6-13H2. The van der Waals surface area contributed by atoms with Gasteiger partial charge in [0.1, 0.15) is 0 Å². The molecule has 2 heteroatoms. The number of piperidine rings is 2. The van der Waals surface area contributed by atoms with Crippen molar-refractivity contribution in [3.63, 3.8) is 0 Å². The number of rotatable bonds is 2. The van der Waals surface area contributed by atoms with E-state index in [9.17, 15) is 0 Å². The Morgan fingerprint density at radius 1 is 1.06 bits per heavy atom. The molecule has 0 saturated carbocycles. The van der Waals surface area contributed by atoms with Gasteiger partial charge in [-0.15, -0.1) is 0 Å². The molecule has 1 radical (unpaired) electrons. The monoisotopic (exact) mass is 243 g/mol. The number of hydrogen-bond acceptors (Lipinski definition) is 2. The second-order valence-electron chi connectivity index (χ2n) is 5.61. The molecule has 1 aromatic rings.